The second-order valence-corrected chi connectivity index (χ2v) is 4.26. The molecule has 0 spiro atoms. The molecule has 0 bridgehead atoms. The molecule has 0 atom stereocenters. The minimum atomic E-state index is 0.221. The van der Waals surface area contributed by atoms with Crippen molar-refractivity contribution < 1.29 is 9.89 Å². The van der Waals surface area contributed by atoms with Crippen molar-refractivity contribution in [3.63, 3.8) is 0 Å². The van der Waals surface area contributed by atoms with Gasteiger partial charge < -0.3 is 0 Å². The number of hydroxylamine groups is 1. The Balaban J connectivity index is 2.23. The van der Waals surface area contributed by atoms with Crippen molar-refractivity contribution >= 4 is 11.9 Å². The Kier molecular flexibility index (Phi) is 2.31. The van der Waals surface area contributed by atoms with Crippen LogP contribution in [0.3, 0.4) is 0 Å². The van der Waals surface area contributed by atoms with Crippen molar-refractivity contribution in [2.75, 3.05) is 11.7 Å². The number of nitrogens with two attached hydrogens (primary N) is 1. The standard InChI is InChI=1S/C12H14N5O/c1-15-10-7-16(13)8-17(18)12(10)11(14-15)9-5-3-2-4-6-9/h2-7,18H,8,13H2,1H3/q+1. The largest absolute Gasteiger partial charge is 0.283 e. The van der Waals surface area contributed by atoms with Crippen LogP contribution in [0.5, 0.6) is 0 Å². The molecule has 2 heterocycles. The van der Waals surface area contributed by atoms with Gasteiger partial charge in [-0.25, -0.2) is 5.84 Å². The van der Waals surface area contributed by atoms with Gasteiger partial charge in [-0.1, -0.05) is 30.3 Å². The number of aryl methyl sites for hydroxylation is 1. The Morgan fingerprint density at radius 1 is 1.33 bits per heavy atom. The van der Waals surface area contributed by atoms with E-state index in [2.05, 4.69) is 5.10 Å². The Hall–Kier alpha value is -2.34. The molecule has 0 unspecified atom stereocenters. The first-order valence-corrected chi connectivity index (χ1v) is 5.62. The van der Waals surface area contributed by atoms with E-state index in [0.29, 0.717) is 5.69 Å². The number of hydrazine groups is 1. The van der Waals surface area contributed by atoms with Gasteiger partial charge in [0.25, 0.3) is 6.67 Å². The van der Waals surface area contributed by atoms with Gasteiger partial charge in [-0.3, -0.25) is 9.89 Å². The zero-order valence-electron chi connectivity index (χ0n) is 9.98. The smallest absolute Gasteiger partial charge is 0.268 e. The van der Waals surface area contributed by atoms with Crippen molar-refractivity contribution in [1.82, 2.24) is 9.78 Å². The summed E-state index contributed by atoms with van der Waals surface area (Å²) in [5.74, 6) is 5.69. The van der Waals surface area contributed by atoms with Gasteiger partial charge >= 0.3 is 0 Å². The van der Waals surface area contributed by atoms with E-state index in [9.17, 15) is 5.21 Å². The van der Waals surface area contributed by atoms with E-state index in [0.717, 1.165) is 22.0 Å². The molecular weight excluding hydrogens is 230 g/mol. The minimum Gasteiger partial charge on any atom is -0.283 e. The molecule has 0 aliphatic carbocycles. The molecule has 1 aromatic carbocycles. The average molecular weight is 244 g/mol. The van der Waals surface area contributed by atoms with Crippen LogP contribution in [-0.2, 0) is 7.05 Å². The van der Waals surface area contributed by atoms with Gasteiger partial charge in [0.1, 0.15) is 11.4 Å². The highest BCUT2D eigenvalue weighted by Crippen LogP contribution is 2.32. The fourth-order valence-corrected chi connectivity index (χ4v) is 2.14. The molecule has 6 heteroatoms. The summed E-state index contributed by atoms with van der Waals surface area (Å²) in [6, 6.07) is 9.76. The lowest BCUT2D eigenvalue weighted by Gasteiger charge is -2.17. The summed E-state index contributed by atoms with van der Waals surface area (Å²) in [4.78, 5) is 0. The maximum absolute atomic E-state index is 10.0. The van der Waals surface area contributed by atoms with E-state index >= 15 is 0 Å². The summed E-state index contributed by atoms with van der Waals surface area (Å²) in [6.07, 6.45) is 1.77. The van der Waals surface area contributed by atoms with E-state index in [1.165, 1.54) is 4.68 Å². The second-order valence-electron chi connectivity index (χ2n) is 4.26. The predicted octanol–water partition coefficient (Wildman–Crippen LogP) is 0.559. The van der Waals surface area contributed by atoms with Crippen molar-refractivity contribution in [2.24, 2.45) is 12.9 Å². The van der Waals surface area contributed by atoms with Gasteiger partial charge in [0.15, 0.2) is 5.69 Å². The third kappa shape index (κ3) is 1.54. The average Bonchev–Trinajstić information content (AvgIpc) is 2.68. The molecule has 0 fully saturated rings. The van der Waals surface area contributed by atoms with Gasteiger partial charge in [0, 0.05) is 12.6 Å². The number of nitrogens with zero attached hydrogens (tertiary/aromatic N) is 4. The van der Waals surface area contributed by atoms with E-state index in [1.54, 1.807) is 10.9 Å². The van der Waals surface area contributed by atoms with Gasteiger partial charge in [-0.2, -0.15) is 10.2 Å². The topological polar surface area (TPSA) is 70.3 Å². The van der Waals surface area contributed by atoms with Crippen molar-refractivity contribution in [1.29, 1.82) is 0 Å². The quantitative estimate of drug-likeness (QED) is 0.568. The summed E-state index contributed by atoms with van der Waals surface area (Å²) in [5.41, 5.74) is 3.18. The summed E-state index contributed by atoms with van der Waals surface area (Å²) in [7, 11) is 1.83. The zero-order valence-corrected chi connectivity index (χ0v) is 9.98. The Bertz CT molecular complexity index is 617. The monoisotopic (exact) mass is 244 g/mol. The molecule has 0 saturated heterocycles. The molecule has 0 saturated carbocycles. The van der Waals surface area contributed by atoms with Crippen LogP contribution in [-0.4, -0.2) is 32.6 Å². The highest BCUT2D eigenvalue weighted by molar-refractivity contribution is 5.91. The first-order chi connectivity index (χ1) is 8.66. The number of fused-ring (bicyclic) bond motifs is 1. The van der Waals surface area contributed by atoms with Crippen LogP contribution in [0.4, 0.5) is 5.69 Å². The lowest BCUT2D eigenvalue weighted by Crippen LogP contribution is -2.38. The normalized spacial score (nSPS) is 14.3. The van der Waals surface area contributed by atoms with Crippen LogP contribution < -0.4 is 10.9 Å². The SMILES string of the molecule is Cn1nc(-c2ccccc2)c2c1C=[N+](N)CN2O. The maximum atomic E-state index is 10.0. The summed E-state index contributed by atoms with van der Waals surface area (Å²) in [6.45, 7) is 0.221. The molecule has 3 N–H and O–H groups in total. The first kappa shape index (κ1) is 10.8. The molecule has 1 aliphatic rings. The van der Waals surface area contributed by atoms with Gasteiger partial charge in [0.05, 0.1) is 0 Å². The van der Waals surface area contributed by atoms with Crippen LogP contribution in [0.15, 0.2) is 30.3 Å². The molecular formula is C12H14N5O+. The molecule has 6 nitrogen and oxygen atoms in total. The highest BCUT2D eigenvalue weighted by Gasteiger charge is 2.29. The third-order valence-electron chi connectivity index (χ3n) is 2.96. The van der Waals surface area contributed by atoms with Crippen molar-refractivity contribution in [3.05, 3.63) is 36.0 Å². The minimum absolute atomic E-state index is 0.221. The summed E-state index contributed by atoms with van der Waals surface area (Å²) < 4.78 is 3.12. The van der Waals surface area contributed by atoms with Gasteiger partial charge in [0.2, 0.25) is 6.21 Å². The van der Waals surface area contributed by atoms with Gasteiger partial charge in [-0.05, 0) is 0 Å². The number of hydrogen-bond donors (Lipinski definition) is 2. The van der Waals surface area contributed by atoms with E-state index in [4.69, 9.17) is 5.84 Å². The van der Waals surface area contributed by atoms with Crippen LogP contribution in [0.2, 0.25) is 0 Å². The molecule has 2 aromatic rings. The molecule has 1 aromatic heterocycles. The summed E-state index contributed by atoms with van der Waals surface area (Å²) >= 11 is 0. The second kappa shape index (κ2) is 3.85. The van der Waals surface area contributed by atoms with E-state index in [1.807, 2.05) is 37.4 Å². The van der Waals surface area contributed by atoms with E-state index < -0.39 is 0 Å². The van der Waals surface area contributed by atoms with Crippen LogP contribution in [0.25, 0.3) is 11.3 Å². The maximum Gasteiger partial charge on any atom is 0.268 e. The summed E-state index contributed by atoms with van der Waals surface area (Å²) in [5, 5.41) is 15.6. The molecule has 3 rings (SSSR count). The van der Waals surface area contributed by atoms with Crippen molar-refractivity contribution in [2.45, 2.75) is 0 Å². The van der Waals surface area contributed by atoms with Gasteiger partial charge in [-0.15, -0.1) is 4.68 Å². The van der Waals surface area contributed by atoms with Crippen LogP contribution in [0, 0.1) is 0 Å². The molecule has 92 valence electrons. The number of benzene rings is 1. The predicted molar refractivity (Wildman–Crippen MR) is 67.4 cm³/mol. The Morgan fingerprint density at radius 2 is 2.06 bits per heavy atom. The molecule has 18 heavy (non-hydrogen) atoms. The van der Waals surface area contributed by atoms with Crippen LogP contribution in [0.1, 0.15) is 5.69 Å². The van der Waals surface area contributed by atoms with Crippen LogP contribution >= 0.6 is 0 Å². The fourth-order valence-electron chi connectivity index (χ4n) is 2.14. The molecule has 0 radical (unpaired) electrons. The third-order valence-corrected chi connectivity index (χ3v) is 2.96. The number of hydrogen-bond acceptors (Lipinski definition) is 4. The highest BCUT2D eigenvalue weighted by atomic mass is 16.5. The number of anilines is 1. The fraction of sp³-hybridized carbons (Fsp3) is 0.167. The first-order valence-electron chi connectivity index (χ1n) is 5.62. The lowest BCUT2D eigenvalue weighted by molar-refractivity contribution is -0.540. The molecule has 0 amide bonds. The number of rotatable bonds is 1. The Labute approximate surface area is 104 Å². The van der Waals surface area contributed by atoms with Crippen molar-refractivity contribution in [3.8, 4) is 11.3 Å². The number of aromatic nitrogens is 2. The lowest BCUT2D eigenvalue weighted by atomic mass is 10.1. The number of hydrazone groups is 1. The van der Waals surface area contributed by atoms with E-state index in [-0.39, 0.29) is 6.67 Å². The Morgan fingerprint density at radius 3 is 2.78 bits per heavy atom. The zero-order chi connectivity index (χ0) is 12.7. The molecule has 1 aliphatic heterocycles.